The van der Waals surface area contributed by atoms with E-state index in [1.807, 2.05) is 36.4 Å². The van der Waals surface area contributed by atoms with Crippen molar-refractivity contribution in [2.45, 2.75) is 19.3 Å². The van der Waals surface area contributed by atoms with Crippen LogP contribution in [0.15, 0.2) is 42.7 Å². The number of hydrogen-bond acceptors (Lipinski definition) is 6. The fourth-order valence-electron chi connectivity index (χ4n) is 3.48. The van der Waals surface area contributed by atoms with E-state index in [-0.39, 0.29) is 17.7 Å². The van der Waals surface area contributed by atoms with Gasteiger partial charge in [0.1, 0.15) is 12.1 Å². The normalized spacial score (nSPS) is 14.7. The topological polar surface area (TPSA) is 105 Å². The standard InChI is InChI=1S/C20H23N7O2/c1-21-19(28)12-14-2-4-16(5-3-14)23-20(29)15-8-10-26(11-9-15)18-7-6-17-24-22-13-27(17)25-18/h2-7,13,15H,8-12H2,1H3,(H,21,28)(H,23,29). The number of hydrogen-bond donors (Lipinski definition) is 2. The van der Waals surface area contributed by atoms with Gasteiger partial charge in [-0.15, -0.1) is 15.3 Å². The first-order chi connectivity index (χ1) is 14.1. The van der Waals surface area contributed by atoms with Crippen molar-refractivity contribution in [1.82, 2.24) is 25.1 Å². The molecule has 0 bridgehead atoms. The van der Waals surface area contributed by atoms with E-state index in [0.29, 0.717) is 12.1 Å². The predicted octanol–water partition coefficient (Wildman–Crippen LogP) is 1.27. The third kappa shape index (κ3) is 4.34. The molecule has 2 amide bonds. The van der Waals surface area contributed by atoms with Gasteiger partial charge in [0.25, 0.3) is 0 Å². The molecule has 0 unspecified atom stereocenters. The Morgan fingerprint density at radius 2 is 1.86 bits per heavy atom. The summed E-state index contributed by atoms with van der Waals surface area (Å²) in [5.41, 5.74) is 2.37. The van der Waals surface area contributed by atoms with E-state index < -0.39 is 0 Å². The fraction of sp³-hybridized carbons (Fsp3) is 0.350. The number of carbonyl (C=O) groups is 2. The molecule has 0 radical (unpaired) electrons. The monoisotopic (exact) mass is 393 g/mol. The summed E-state index contributed by atoms with van der Waals surface area (Å²) in [5.74, 6) is 0.829. The lowest BCUT2D eigenvalue weighted by atomic mass is 9.95. The van der Waals surface area contributed by atoms with Crippen LogP contribution in [-0.2, 0) is 16.0 Å². The van der Waals surface area contributed by atoms with Gasteiger partial charge in [0.05, 0.1) is 6.42 Å². The van der Waals surface area contributed by atoms with Gasteiger partial charge >= 0.3 is 0 Å². The van der Waals surface area contributed by atoms with E-state index in [4.69, 9.17) is 0 Å². The molecule has 1 fully saturated rings. The van der Waals surface area contributed by atoms with Crippen LogP contribution in [0.1, 0.15) is 18.4 Å². The smallest absolute Gasteiger partial charge is 0.227 e. The molecule has 150 valence electrons. The van der Waals surface area contributed by atoms with Crippen molar-refractivity contribution < 1.29 is 9.59 Å². The number of piperidine rings is 1. The molecule has 9 heteroatoms. The van der Waals surface area contributed by atoms with Crippen molar-refractivity contribution in [2.75, 3.05) is 30.4 Å². The van der Waals surface area contributed by atoms with Crippen molar-refractivity contribution >= 4 is 29.0 Å². The van der Waals surface area contributed by atoms with E-state index in [1.165, 1.54) is 0 Å². The lowest BCUT2D eigenvalue weighted by molar-refractivity contribution is -0.121. The van der Waals surface area contributed by atoms with Gasteiger partial charge in [-0.2, -0.15) is 4.52 Å². The van der Waals surface area contributed by atoms with Crippen LogP contribution in [0.25, 0.3) is 5.65 Å². The number of anilines is 2. The molecule has 0 aliphatic carbocycles. The molecule has 2 aromatic heterocycles. The zero-order valence-electron chi connectivity index (χ0n) is 16.2. The summed E-state index contributed by atoms with van der Waals surface area (Å²) in [5, 5.41) is 17.9. The summed E-state index contributed by atoms with van der Waals surface area (Å²) in [6.07, 6.45) is 3.45. The van der Waals surface area contributed by atoms with Crippen molar-refractivity contribution in [3.63, 3.8) is 0 Å². The minimum absolute atomic E-state index is 0.0320. The fourth-order valence-corrected chi connectivity index (χ4v) is 3.48. The maximum Gasteiger partial charge on any atom is 0.227 e. The maximum absolute atomic E-state index is 12.6. The highest BCUT2D eigenvalue weighted by Crippen LogP contribution is 2.23. The van der Waals surface area contributed by atoms with E-state index in [9.17, 15) is 9.59 Å². The first kappa shape index (κ1) is 18.9. The Kier molecular flexibility index (Phi) is 5.37. The average Bonchev–Trinajstić information content (AvgIpc) is 3.23. The number of fused-ring (bicyclic) bond motifs is 1. The molecule has 3 heterocycles. The van der Waals surface area contributed by atoms with E-state index >= 15 is 0 Å². The molecular weight excluding hydrogens is 370 g/mol. The van der Waals surface area contributed by atoms with Gasteiger partial charge in [-0.3, -0.25) is 9.59 Å². The lowest BCUT2D eigenvalue weighted by Crippen LogP contribution is -2.38. The van der Waals surface area contributed by atoms with Gasteiger partial charge in [-0.05, 0) is 42.7 Å². The second-order valence-corrected chi connectivity index (χ2v) is 7.12. The maximum atomic E-state index is 12.6. The second-order valence-electron chi connectivity index (χ2n) is 7.12. The van der Waals surface area contributed by atoms with Crippen LogP contribution in [0.5, 0.6) is 0 Å². The summed E-state index contributed by atoms with van der Waals surface area (Å²) >= 11 is 0. The Morgan fingerprint density at radius 3 is 2.59 bits per heavy atom. The molecule has 1 aromatic carbocycles. The van der Waals surface area contributed by atoms with Crippen LogP contribution >= 0.6 is 0 Å². The van der Waals surface area contributed by atoms with E-state index in [0.717, 1.165) is 43.0 Å². The number of amides is 2. The highest BCUT2D eigenvalue weighted by Gasteiger charge is 2.26. The minimum atomic E-state index is -0.0357. The second kappa shape index (κ2) is 8.26. The third-order valence-corrected chi connectivity index (χ3v) is 5.20. The Labute approximate surface area is 168 Å². The molecule has 4 rings (SSSR count). The molecule has 2 N–H and O–H groups in total. The first-order valence-electron chi connectivity index (χ1n) is 9.65. The number of aromatic nitrogens is 4. The Balaban J connectivity index is 1.31. The molecule has 3 aromatic rings. The van der Waals surface area contributed by atoms with Crippen LogP contribution in [0, 0.1) is 5.92 Å². The SMILES string of the molecule is CNC(=O)Cc1ccc(NC(=O)C2CCN(c3ccc4nncn4n3)CC2)cc1. The Morgan fingerprint density at radius 1 is 1.10 bits per heavy atom. The molecular formula is C20H23N7O2. The quantitative estimate of drug-likeness (QED) is 0.676. The number of nitrogens with zero attached hydrogens (tertiary/aromatic N) is 5. The summed E-state index contributed by atoms with van der Waals surface area (Å²) < 4.78 is 1.65. The van der Waals surface area contributed by atoms with E-state index in [1.54, 1.807) is 17.9 Å². The number of carbonyl (C=O) groups excluding carboxylic acids is 2. The van der Waals surface area contributed by atoms with Crippen LogP contribution < -0.4 is 15.5 Å². The molecule has 9 nitrogen and oxygen atoms in total. The summed E-state index contributed by atoms with van der Waals surface area (Å²) in [7, 11) is 1.62. The third-order valence-electron chi connectivity index (χ3n) is 5.20. The summed E-state index contributed by atoms with van der Waals surface area (Å²) in [6, 6.07) is 11.2. The molecule has 29 heavy (non-hydrogen) atoms. The van der Waals surface area contributed by atoms with Crippen molar-refractivity contribution in [1.29, 1.82) is 0 Å². The molecule has 0 atom stereocenters. The van der Waals surface area contributed by atoms with E-state index in [2.05, 4.69) is 30.8 Å². The van der Waals surface area contributed by atoms with Crippen LogP contribution in [-0.4, -0.2) is 51.8 Å². The van der Waals surface area contributed by atoms with Gasteiger partial charge in [-0.1, -0.05) is 12.1 Å². The highest BCUT2D eigenvalue weighted by molar-refractivity contribution is 5.92. The van der Waals surface area contributed by atoms with Crippen molar-refractivity contribution in [3.05, 3.63) is 48.3 Å². The van der Waals surface area contributed by atoms with Crippen molar-refractivity contribution in [2.24, 2.45) is 5.92 Å². The summed E-state index contributed by atoms with van der Waals surface area (Å²) in [6.45, 7) is 1.54. The molecule has 1 aliphatic heterocycles. The van der Waals surface area contributed by atoms with Crippen molar-refractivity contribution in [3.8, 4) is 0 Å². The summed E-state index contributed by atoms with van der Waals surface area (Å²) in [4.78, 5) is 26.2. The number of likely N-dealkylation sites (N-methyl/N-ethyl adjacent to an activating group) is 1. The highest BCUT2D eigenvalue weighted by atomic mass is 16.2. The average molecular weight is 393 g/mol. The van der Waals surface area contributed by atoms with Gasteiger partial charge < -0.3 is 15.5 Å². The van der Waals surface area contributed by atoms with Gasteiger partial charge in [0.15, 0.2) is 5.65 Å². The van der Waals surface area contributed by atoms with Crippen LogP contribution in [0.4, 0.5) is 11.5 Å². The number of rotatable bonds is 5. The van der Waals surface area contributed by atoms with Crippen LogP contribution in [0.3, 0.4) is 0 Å². The zero-order chi connectivity index (χ0) is 20.2. The van der Waals surface area contributed by atoms with Gasteiger partial charge in [0.2, 0.25) is 11.8 Å². The largest absolute Gasteiger partial charge is 0.359 e. The van der Waals surface area contributed by atoms with Gasteiger partial charge in [-0.25, -0.2) is 0 Å². The molecule has 1 aliphatic rings. The minimum Gasteiger partial charge on any atom is -0.359 e. The zero-order valence-corrected chi connectivity index (χ0v) is 16.2. The first-order valence-corrected chi connectivity index (χ1v) is 9.65. The van der Waals surface area contributed by atoms with Crippen LogP contribution in [0.2, 0.25) is 0 Å². The lowest BCUT2D eigenvalue weighted by Gasteiger charge is -2.32. The number of nitrogens with one attached hydrogen (secondary N) is 2. The Hall–Kier alpha value is -3.49. The predicted molar refractivity (Wildman–Crippen MR) is 109 cm³/mol. The molecule has 0 spiro atoms. The molecule has 1 saturated heterocycles. The number of benzene rings is 1. The Bertz CT molecular complexity index is 1010. The molecule has 0 saturated carbocycles. The van der Waals surface area contributed by atoms with Gasteiger partial charge in [0, 0.05) is 31.7 Å².